The van der Waals surface area contributed by atoms with Gasteiger partial charge in [0.15, 0.2) is 0 Å². The fraction of sp³-hybridized carbons (Fsp3) is 1.00. The predicted octanol–water partition coefficient (Wildman–Crippen LogP) is 0.00950. The van der Waals surface area contributed by atoms with E-state index in [1.54, 1.807) is 14.2 Å². The molecule has 0 aromatic heterocycles. The van der Waals surface area contributed by atoms with Crippen molar-refractivity contribution in [3.63, 3.8) is 0 Å². The maximum Gasteiger partial charge on any atom is 0.0961 e. The second kappa shape index (κ2) is 8.93. The lowest BCUT2D eigenvalue weighted by molar-refractivity contribution is 0.160. The normalized spacial score (nSPS) is 11.0. The molecular formula is C8H20N2O2. The van der Waals surface area contributed by atoms with Gasteiger partial charge < -0.3 is 9.47 Å². The smallest absolute Gasteiger partial charge is 0.0961 e. The highest BCUT2D eigenvalue weighted by molar-refractivity contribution is 4.56. The Kier molecular flexibility index (Phi) is 8.81. The van der Waals surface area contributed by atoms with Crippen LogP contribution in [0.2, 0.25) is 0 Å². The second-order valence-corrected chi connectivity index (χ2v) is 2.88. The highest BCUT2D eigenvalue weighted by Gasteiger charge is 1.99. The van der Waals surface area contributed by atoms with E-state index in [9.17, 15) is 0 Å². The van der Waals surface area contributed by atoms with Crippen LogP contribution in [0.5, 0.6) is 0 Å². The summed E-state index contributed by atoms with van der Waals surface area (Å²) in [6.45, 7) is 5.34. The van der Waals surface area contributed by atoms with E-state index in [1.165, 1.54) is 0 Å². The molecule has 0 atom stereocenters. The summed E-state index contributed by atoms with van der Waals surface area (Å²) in [7, 11) is 3.36. The Morgan fingerprint density at radius 2 is 1.42 bits per heavy atom. The average Bonchev–Trinajstić information content (AvgIpc) is 2.06. The van der Waals surface area contributed by atoms with Crippen molar-refractivity contribution in [1.82, 2.24) is 10.6 Å². The van der Waals surface area contributed by atoms with Crippen molar-refractivity contribution in [1.29, 1.82) is 0 Å². The third-order valence-corrected chi connectivity index (χ3v) is 1.48. The first-order chi connectivity index (χ1) is 5.81. The van der Waals surface area contributed by atoms with Crippen LogP contribution in [0.4, 0.5) is 0 Å². The molecule has 0 aliphatic rings. The lowest BCUT2D eigenvalue weighted by atomic mass is 10.2. The third kappa shape index (κ3) is 7.94. The highest BCUT2D eigenvalue weighted by atomic mass is 16.5. The highest BCUT2D eigenvalue weighted by Crippen LogP contribution is 1.88. The van der Waals surface area contributed by atoms with Crippen LogP contribution in [0.3, 0.4) is 0 Å². The first kappa shape index (κ1) is 11.8. The maximum atomic E-state index is 4.86. The van der Waals surface area contributed by atoms with Crippen LogP contribution in [-0.4, -0.2) is 40.8 Å². The number of methoxy groups -OCH3 is 2. The summed E-state index contributed by atoms with van der Waals surface area (Å²) in [5.74, 6) is 0.593. The molecule has 0 radical (unpaired) electrons. The number of hydrogen-bond donors (Lipinski definition) is 2. The summed E-state index contributed by atoms with van der Waals surface area (Å²) in [4.78, 5) is 0. The Bertz CT molecular complexity index is 81.1. The van der Waals surface area contributed by atoms with E-state index >= 15 is 0 Å². The lowest BCUT2D eigenvalue weighted by Crippen LogP contribution is -2.31. The molecular weight excluding hydrogens is 156 g/mol. The topological polar surface area (TPSA) is 42.5 Å². The molecule has 0 bridgehead atoms. The summed E-state index contributed by atoms with van der Waals surface area (Å²) in [5, 5.41) is 6.32. The Hall–Kier alpha value is -0.160. The monoisotopic (exact) mass is 176 g/mol. The van der Waals surface area contributed by atoms with Crippen LogP contribution in [-0.2, 0) is 9.47 Å². The fourth-order valence-electron chi connectivity index (χ4n) is 0.887. The van der Waals surface area contributed by atoms with Crippen molar-refractivity contribution in [2.24, 2.45) is 5.92 Å². The molecule has 0 fully saturated rings. The van der Waals surface area contributed by atoms with Crippen molar-refractivity contribution in [2.75, 3.05) is 40.8 Å². The van der Waals surface area contributed by atoms with E-state index in [1.807, 2.05) is 0 Å². The zero-order valence-electron chi connectivity index (χ0n) is 8.22. The number of nitrogens with one attached hydrogen (secondary N) is 2. The van der Waals surface area contributed by atoms with E-state index in [0.29, 0.717) is 19.4 Å². The molecule has 74 valence electrons. The molecule has 0 saturated heterocycles. The SMILES string of the molecule is COCNCC(C)CNCOC. The maximum absolute atomic E-state index is 4.86. The number of rotatable bonds is 8. The van der Waals surface area contributed by atoms with Gasteiger partial charge in [-0.3, -0.25) is 10.6 Å². The fourth-order valence-corrected chi connectivity index (χ4v) is 0.887. The Balaban J connectivity index is 3.04. The summed E-state index contributed by atoms with van der Waals surface area (Å²) in [6.07, 6.45) is 0. The molecule has 2 N–H and O–H groups in total. The largest absolute Gasteiger partial charge is 0.370 e. The molecule has 0 rings (SSSR count). The van der Waals surface area contributed by atoms with Gasteiger partial charge in [-0.2, -0.15) is 0 Å². The van der Waals surface area contributed by atoms with Crippen LogP contribution in [0.25, 0.3) is 0 Å². The van der Waals surface area contributed by atoms with Gasteiger partial charge in [0.1, 0.15) is 0 Å². The minimum absolute atomic E-state index is 0.593. The van der Waals surface area contributed by atoms with Crippen molar-refractivity contribution < 1.29 is 9.47 Å². The standard InChI is InChI=1S/C8H20N2O2/c1-8(4-9-6-11-2)5-10-7-12-3/h8-10H,4-7H2,1-3H3. The van der Waals surface area contributed by atoms with Crippen LogP contribution in [0, 0.1) is 5.92 Å². The zero-order chi connectivity index (χ0) is 9.23. The van der Waals surface area contributed by atoms with Crippen LogP contribution in [0.1, 0.15) is 6.92 Å². The van der Waals surface area contributed by atoms with Crippen molar-refractivity contribution in [3.8, 4) is 0 Å². The van der Waals surface area contributed by atoms with Crippen LogP contribution < -0.4 is 10.6 Å². The summed E-state index contributed by atoms with van der Waals surface area (Å²) < 4.78 is 9.72. The molecule has 0 aromatic rings. The molecule has 4 nitrogen and oxygen atoms in total. The Morgan fingerprint density at radius 3 is 1.75 bits per heavy atom. The molecule has 0 spiro atoms. The number of ether oxygens (including phenoxy) is 2. The molecule has 0 aromatic carbocycles. The van der Waals surface area contributed by atoms with Crippen LogP contribution >= 0.6 is 0 Å². The van der Waals surface area contributed by atoms with E-state index in [-0.39, 0.29) is 0 Å². The molecule has 0 heterocycles. The van der Waals surface area contributed by atoms with E-state index in [2.05, 4.69) is 17.6 Å². The number of hydrogen-bond acceptors (Lipinski definition) is 4. The second-order valence-electron chi connectivity index (χ2n) is 2.88. The van der Waals surface area contributed by atoms with Gasteiger partial charge in [0.05, 0.1) is 13.5 Å². The van der Waals surface area contributed by atoms with Gasteiger partial charge in [0, 0.05) is 27.3 Å². The summed E-state index contributed by atoms with van der Waals surface area (Å²) in [5.41, 5.74) is 0. The van der Waals surface area contributed by atoms with Gasteiger partial charge in [-0.05, 0) is 5.92 Å². The minimum Gasteiger partial charge on any atom is -0.370 e. The first-order valence-electron chi connectivity index (χ1n) is 4.20. The molecule has 0 amide bonds. The minimum atomic E-state index is 0.593. The van der Waals surface area contributed by atoms with E-state index < -0.39 is 0 Å². The van der Waals surface area contributed by atoms with Crippen molar-refractivity contribution in [2.45, 2.75) is 6.92 Å². The first-order valence-corrected chi connectivity index (χ1v) is 4.20. The molecule has 4 heteroatoms. The average molecular weight is 176 g/mol. The molecule has 0 unspecified atom stereocenters. The lowest BCUT2D eigenvalue weighted by Gasteiger charge is -2.12. The van der Waals surface area contributed by atoms with Crippen LogP contribution in [0.15, 0.2) is 0 Å². The van der Waals surface area contributed by atoms with Gasteiger partial charge in [0.25, 0.3) is 0 Å². The summed E-state index contributed by atoms with van der Waals surface area (Å²) >= 11 is 0. The molecule has 12 heavy (non-hydrogen) atoms. The van der Waals surface area contributed by atoms with Gasteiger partial charge in [-0.15, -0.1) is 0 Å². The quantitative estimate of drug-likeness (QED) is 0.404. The molecule has 0 aliphatic heterocycles. The molecule has 0 saturated carbocycles. The predicted molar refractivity (Wildman–Crippen MR) is 48.9 cm³/mol. The van der Waals surface area contributed by atoms with E-state index in [0.717, 1.165) is 13.1 Å². The Labute approximate surface area is 74.6 Å². The van der Waals surface area contributed by atoms with Gasteiger partial charge in [0.2, 0.25) is 0 Å². The third-order valence-electron chi connectivity index (χ3n) is 1.48. The van der Waals surface area contributed by atoms with Crippen molar-refractivity contribution in [3.05, 3.63) is 0 Å². The van der Waals surface area contributed by atoms with Gasteiger partial charge in [-0.1, -0.05) is 6.92 Å². The van der Waals surface area contributed by atoms with Gasteiger partial charge in [-0.25, -0.2) is 0 Å². The zero-order valence-corrected chi connectivity index (χ0v) is 8.22. The van der Waals surface area contributed by atoms with Gasteiger partial charge >= 0.3 is 0 Å². The molecule has 0 aliphatic carbocycles. The Morgan fingerprint density at radius 1 is 1.00 bits per heavy atom. The summed E-state index contributed by atoms with van der Waals surface area (Å²) in [6, 6.07) is 0. The van der Waals surface area contributed by atoms with Crippen molar-refractivity contribution >= 4 is 0 Å². The van der Waals surface area contributed by atoms with E-state index in [4.69, 9.17) is 9.47 Å².